The van der Waals surface area contributed by atoms with E-state index < -0.39 is 36.0 Å². The lowest BCUT2D eigenvalue weighted by Gasteiger charge is -2.13. The number of aliphatic hydroxyl groups excluding tert-OH is 1. The molecule has 0 radical (unpaired) electrons. The predicted octanol–water partition coefficient (Wildman–Crippen LogP) is 4.35. The highest BCUT2D eigenvalue weighted by molar-refractivity contribution is 6.03. The number of nitrogen functional groups attached to an aromatic ring is 1. The quantitative estimate of drug-likeness (QED) is 0.109. The molecule has 44 heavy (non-hydrogen) atoms. The van der Waals surface area contributed by atoms with Gasteiger partial charge in [-0.1, -0.05) is 36.8 Å². The monoisotopic (exact) mass is 605 g/mol. The summed E-state index contributed by atoms with van der Waals surface area (Å²) in [6.07, 6.45) is 1.25. The van der Waals surface area contributed by atoms with Gasteiger partial charge in [-0.2, -0.15) is 5.10 Å². The minimum atomic E-state index is -1.23. The number of fused-ring (bicyclic) bond motifs is 1. The van der Waals surface area contributed by atoms with Crippen molar-refractivity contribution in [3.05, 3.63) is 72.0 Å². The predicted molar refractivity (Wildman–Crippen MR) is 166 cm³/mol. The molecular formula is C31H36FN7O5. The van der Waals surface area contributed by atoms with E-state index in [0.29, 0.717) is 42.4 Å². The zero-order chi connectivity index (χ0) is 31.8. The van der Waals surface area contributed by atoms with Gasteiger partial charge in [0.15, 0.2) is 5.82 Å². The maximum absolute atomic E-state index is 14.0. The fourth-order valence-electron chi connectivity index (χ4n) is 4.78. The van der Waals surface area contributed by atoms with E-state index in [1.807, 2.05) is 30.3 Å². The number of nitrogens with two attached hydrogens (primary N) is 2. The summed E-state index contributed by atoms with van der Waals surface area (Å²) in [7, 11) is 0. The van der Waals surface area contributed by atoms with Gasteiger partial charge in [0.05, 0.1) is 23.0 Å². The van der Waals surface area contributed by atoms with Crippen LogP contribution in [-0.2, 0) is 9.59 Å². The Bertz CT molecular complexity index is 1640. The zero-order valence-corrected chi connectivity index (χ0v) is 24.2. The van der Waals surface area contributed by atoms with Crippen molar-refractivity contribution < 1.29 is 29.0 Å². The highest BCUT2D eigenvalue weighted by Crippen LogP contribution is 2.34. The van der Waals surface area contributed by atoms with Crippen molar-refractivity contribution in [3.63, 3.8) is 0 Å². The van der Waals surface area contributed by atoms with Crippen LogP contribution in [0.2, 0.25) is 0 Å². The van der Waals surface area contributed by atoms with Crippen molar-refractivity contribution >= 4 is 46.0 Å². The fraction of sp³-hybridized carbons (Fsp3) is 0.290. The number of rotatable bonds is 13. The van der Waals surface area contributed by atoms with E-state index in [1.165, 1.54) is 10.7 Å². The van der Waals surface area contributed by atoms with Crippen molar-refractivity contribution in [2.45, 2.75) is 51.3 Å². The Morgan fingerprint density at radius 2 is 1.77 bits per heavy atom. The molecule has 3 aromatic carbocycles. The average molecular weight is 606 g/mol. The van der Waals surface area contributed by atoms with Crippen LogP contribution in [0.3, 0.4) is 0 Å². The number of amides is 3. The number of carboxylic acids is 1. The Hall–Kier alpha value is -5.01. The third-order valence-electron chi connectivity index (χ3n) is 7.05. The molecule has 3 amide bonds. The van der Waals surface area contributed by atoms with Gasteiger partial charge in [-0.25, -0.2) is 13.9 Å². The minimum absolute atomic E-state index is 0.0875. The summed E-state index contributed by atoms with van der Waals surface area (Å²) in [5.74, 6) is -1.90. The highest BCUT2D eigenvalue weighted by atomic mass is 19.1. The second-order valence-corrected chi connectivity index (χ2v) is 10.5. The lowest BCUT2D eigenvalue weighted by atomic mass is 10.0. The Kier molecular flexibility index (Phi) is 10.5. The van der Waals surface area contributed by atoms with Gasteiger partial charge < -0.3 is 37.6 Å². The number of aliphatic carboxylic acids is 1. The van der Waals surface area contributed by atoms with Crippen molar-refractivity contribution in [2.24, 2.45) is 5.73 Å². The molecule has 1 heterocycles. The summed E-state index contributed by atoms with van der Waals surface area (Å²) >= 11 is 0. The fourth-order valence-corrected chi connectivity index (χ4v) is 4.78. The normalized spacial score (nSPS) is 12.5. The molecule has 0 aliphatic heterocycles. The number of aliphatic hydroxyl groups is 1. The number of carbonyl (C=O) groups excluding carboxylic acids is 2. The number of nitrogens with zero attached hydrogens (tertiary/aromatic N) is 2. The van der Waals surface area contributed by atoms with E-state index in [9.17, 15) is 23.9 Å². The molecular weight excluding hydrogens is 569 g/mol. The minimum Gasteiger partial charge on any atom is -0.480 e. The summed E-state index contributed by atoms with van der Waals surface area (Å²) in [5.41, 5.74) is 15.4. The molecule has 0 aliphatic carbocycles. The number of halogens is 1. The van der Waals surface area contributed by atoms with Crippen molar-refractivity contribution in [1.29, 1.82) is 0 Å². The lowest BCUT2D eigenvalue weighted by molar-refractivity contribution is -0.140. The summed E-state index contributed by atoms with van der Waals surface area (Å²) in [4.78, 5) is 34.9. The van der Waals surface area contributed by atoms with Crippen LogP contribution in [0.4, 0.5) is 26.4 Å². The Labute approximate surface area is 253 Å². The van der Waals surface area contributed by atoms with Crippen LogP contribution in [-0.4, -0.2) is 50.5 Å². The molecule has 12 nitrogen and oxygen atoms in total. The number of hydrogen-bond donors (Lipinski definition) is 7. The number of aryl methyl sites for hydroxylation is 1. The van der Waals surface area contributed by atoms with Gasteiger partial charge >= 0.3 is 12.0 Å². The zero-order valence-electron chi connectivity index (χ0n) is 24.2. The van der Waals surface area contributed by atoms with Crippen molar-refractivity contribution in [1.82, 2.24) is 15.1 Å². The molecule has 0 spiro atoms. The number of urea groups is 1. The summed E-state index contributed by atoms with van der Waals surface area (Å²) in [5, 5.41) is 32.6. The number of unbranched alkanes of at least 4 members (excludes halogenated alkanes) is 2. The number of hydrogen-bond acceptors (Lipinski definition) is 7. The van der Waals surface area contributed by atoms with Crippen molar-refractivity contribution in [2.75, 3.05) is 22.9 Å². The topological polar surface area (TPSA) is 198 Å². The van der Waals surface area contributed by atoms with E-state index >= 15 is 0 Å². The van der Waals surface area contributed by atoms with Gasteiger partial charge in [0, 0.05) is 12.2 Å². The molecule has 0 saturated heterocycles. The number of benzene rings is 3. The highest BCUT2D eigenvalue weighted by Gasteiger charge is 2.19. The van der Waals surface area contributed by atoms with Crippen LogP contribution in [0.5, 0.6) is 0 Å². The van der Waals surface area contributed by atoms with Gasteiger partial charge in [0.25, 0.3) is 0 Å². The molecule has 2 atom stereocenters. The molecule has 4 aromatic rings. The Balaban J connectivity index is 1.34. The second kappa shape index (κ2) is 14.4. The number of aromatic nitrogens is 2. The van der Waals surface area contributed by atoms with E-state index in [-0.39, 0.29) is 17.9 Å². The van der Waals surface area contributed by atoms with Gasteiger partial charge in [0.2, 0.25) is 5.91 Å². The number of carbonyl (C=O) groups is 3. The smallest absolute Gasteiger partial charge is 0.323 e. The van der Waals surface area contributed by atoms with Crippen LogP contribution in [0.15, 0.2) is 60.7 Å². The molecule has 232 valence electrons. The number of nitrogens with one attached hydrogen (secondary N) is 3. The largest absolute Gasteiger partial charge is 0.480 e. The molecule has 4 rings (SSSR count). The van der Waals surface area contributed by atoms with Gasteiger partial charge in [-0.15, -0.1) is 0 Å². The Morgan fingerprint density at radius 3 is 2.50 bits per heavy atom. The number of carboxylic acid groups (broad SMARTS) is 1. The standard InChI is InChI=1S/C31H36FN7O5/c1-18-9-14-22(32)24(16-18)37-31(44)36-20-12-10-19(11-13-20)21-6-5-7-25-28(21)29(34)38-39(25)27(41)8-3-2-4-15-35-26(40)17-23(33)30(42)43/h5-7,9-14,16,23,27,41H,2-4,8,15,17,33H2,1H3,(H2,34,38)(H,35,40)(H,42,43)(H2,36,37,44)/t23-,27?/m0/s1. The molecule has 13 heteroatoms. The summed E-state index contributed by atoms with van der Waals surface area (Å²) < 4.78 is 15.5. The number of anilines is 3. The molecule has 0 saturated carbocycles. The van der Waals surface area contributed by atoms with Crippen LogP contribution in [0, 0.1) is 12.7 Å². The van der Waals surface area contributed by atoms with Crippen LogP contribution < -0.4 is 27.4 Å². The van der Waals surface area contributed by atoms with Crippen LogP contribution in [0.1, 0.15) is 43.9 Å². The maximum atomic E-state index is 14.0. The summed E-state index contributed by atoms with van der Waals surface area (Å²) in [6, 6.07) is 15.3. The Morgan fingerprint density at radius 1 is 1.02 bits per heavy atom. The second-order valence-electron chi connectivity index (χ2n) is 10.5. The first-order valence-electron chi connectivity index (χ1n) is 14.2. The average Bonchev–Trinajstić information content (AvgIpc) is 3.33. The van der Waals surface area contributed by atoms with Crippen LogP contribution >= 0.6 is 0 Å². The molecule has 0 fully saturated rings. The first-order chi connectivity index (χ1) is 21.0. The first-order valence-corrected chi connectivity index (χ1v) is 14.2. The van der Waals surface area contributed by atoms with E-state index in [0.717, 1.165) is 23.1 Å². The van der Waals surface area contributed by atoms with E-state index in [4.69, 9.17) is 16.6 Å². The molecule has 0 aliphatic rings. The summed E-state index contributed by atoms with van der Waals surface area (Å²) in [6.45, 7) is 2.19. The molecule has 9 N–H and O–H groups in total. The third kappa shape index (κ3) is 8.08. The first kappa shape index (κ1) is 31.9. The maximum Gasteiger partial charge on any atom is 0.323 e. The molecule has 1 aromatic heterocycles. The van der Waals surface area contributed by atoms with Gasteiger partial charge in [-0.3, -0.25) is 9.59 Å². The van der Waals surface area contributed by atoms with Crippen LogP contribution in [0.25, 0.3) is 22.0 Å². The van der Waals surface area contributed by atoms with Gasteiger partial charge in [0.1, 0.15) is 18.1 Å². The SMILES string of the molecule is Cc1ccc(F)c(NC(=O)Nc2ccc(-c3cccc4c3c(N)nn4C(O)CCCCCNC(=O)C[C@H](N)C(=O)O)cc2)c1. The van der Waals surface area contributed by atoms with Crippen molar-refractivity contribution in [3.8, 4) is 11.1 Å². The molecule has 0 bridgehead atoms. The van der Waals surface area contributed by atoms with E-state index in [2.05, 4.69) is 21.0 Å². The lowest BCUT2D eigenvalue weighted by Crippen LogP contribution is -2.37. The van der Waals surface area contributed by atoms with E-state index in [1.54, 1.807) is 31.2 Å². The molecule has 1 unspecified atom stereocenters. The third-order valence-corrected chi connectivity index (χ3v) is 7.05. The van der Waals surface area contributed by atoms with Gasteiger partial charge in [-0.05, 0) is 73.2 Å².